The minimum absolute atomic E-state index is 0.0384. The van der Waals surface area contributed by atoms with E-state index in [1.165, 1.54) is 10.7 Å². The summed E-state index contributed by atoms with van der Waals surface area (Å²) in [5, 5.41) is 13.6. The third-order valence-corrected chi connectivity index (χ3v) is 7.82. The summed E-state index contributed by atoms with van der Waals surface area (Å²) in [5.74, 6) is -4.45. The van der Waals surface area contributed by atoms with Crippen molar-refractivity contribution in [2.45, 2.75) is 82.0 Å². The lowest BCUT2D eigenvalue weighted by molar-refractivity contribution is -0.144. The summed E-state index contributed by atoms with van der Waals surface area (Å²) in [6.45, 7) is -0.751. The van der Waals surface area contributed by atoms with Gasteiger partial charge < -0.3 is 15.2 Å². The normalized spacial score (nSPS) is 19.0. The highest BCUT2D eigenvalue weighted by molar-refractivity contribution is 5.95. The van der Waals surface area contributed by atoms with Crippen LogP contribution in [0.1, 0.15) is 90.8 Å². The van der Waals surface area contributed by atoms with Crippen molar-refractivity contribution in [1.29, 1.82) is 0 Å². The van der Waals surface area contributed by atoms with E-state index in [-0.39, 0.29) is 55.2 Å². The number of fused-ring (bicyclic) bond motifs is 1. The Hall–Kier alpha value is -3.65. The Bertz CT molecular complexity index is 1410. The molecular formula is C27H30F6N6O3. The van der Waals surface area contributed by atoms with Crippen LogP contribution in [0.3, 0.4) is 0 Å². The summed E-state index contributed by atoms with van der Waals surface area (Å²) in [6.07, 6.45) is -1.17. The van der Waals surface area contributed by atoms with Crippen LogP contribution in [0.15, 0.2) is 29.2 Å². The van der Waals surface area contributed by atoms with Crippen molar-refractivity contribution in [3.63, 3.8) is 0 Å². The van der Waals surface area contributed by atoms with Crippen LogP contribution in [0.2, 0.25) is 0 Å². The maximum Gasteiger partial charge on any atom is 0.389 e. The first-order valence-electron chi connectivity index (χ1n) is 13.8. The zero-order valence-electron chi connectivity index (χ0n) is 22.5. The highest BCUT2D eigenvalue weighted by Gasteiger charge is 2.40. The Balaban J connectivity index is 1.39. The number of aryl methyl sites for hydroxylation is 1. The SMILES string of the molecule is O=C(CCC(F)(F)F)N[C@@H](c1cnn2cc([C@@H](NC(=O)c3conc3CCF)C3CCC(F)(F)CC3)nc2c1)C1CC1. The maximum absolute atomic E-state index is 14.0. The van der Waals surface area contributed by atoms with Crippen molar-refractivity contribution < 1.29 is 40.5 Å². The fourth-order valence-electron chi connectivity index (χ4n) is 5.40. The van der Waals surface area contributed by atoms with Gasteiger partial charge in [-0.15, -0.1) is 0 Å². The lowest BCUT2D eigenvalue weighted by atomic mass is 9.81. The molecule has 3 heterocycles. The van der Waals surface area contributed by atoms with Gasteiger partial charge in [0.15, 0.2) is 5.65 Å². The highest BCUT2D eigenvalue weighted by Crippen LogP contribution is 2.43. The van der Waals surface area contributed by atoms with Crippen LogP contribution in [-0.2, 0) is 11.2 Å². The molecule has 0 spiro atoms. The number of hydrogen-bond acceptors (Lipinski definition) is 6. The zero-order chi connectivity index (χ0) is 30.1. The quantitative estimate of drug-likeness (QED) is 0.284. The predicted octanol–water partition coefficient (Wildman–Crippen LogP) is 5.44. The van der Waals surface area contributed by atoms with Gasteiger partial charge in [0.2, 0.25) is 11.8 Å². The minimum Gasteiger partial charge on any atom is -0.364 e. The van der Waals surface area contributed by atoms with E-state index in [0.717, 1.165) is 19.1 Å². The summed E-state index contributed by atoms with van der Waals surface area (Å²) in [7, 11) is 0. The van der Waals surface area contributed by atoms with Crippen molar-refractivity contribution in [2.24, 2.45) is 11.8 Å². The summed E-state index contributed by atoms with van der Waals surface area (Å²) < 4.78 is 84.9. The second-order valence-electron chi connectivity index (χ2n) is 11.0. The molecule has 0 aliphatic heterocycles. The Labute approximate surface area is 236 Å². The van der Waals surface area contributed by atoms with Crippen LogP contribution < -0.4 is 10.6 Å². The molecule has 15 heteroatoms. The standard InChI is InChI=1S/C27H30F6N6O3/c28-10-6-19-18(14-42-38-19)25(41)37-24(16-3-7-26(29,30)8-4-16)20-13-39-21(35-20)11-17(12-34-39)23(15-1-2-15)36-22(40)5-9-27(31,32)33/h11-16,23-24H,1-10H2,(H,36,40)(H,37,41)/t23-,24+/m1/s1. The molecule has 2 fully saturated rings. The second-order valence-corrected chi connectivity index (χ2v) is 11.0. The number of rotatable bonds is 11. The van der Waals surface area contributed by atoms with E-state index >= 15 is 0 Å². The molecule has 228 valence electrons. The molecule has 2 aliphatic carbocycles. The first-order valence-corrected chi connectivity index (χ1v) is 13.8. The molecule has 0 bridgehead atoms. The van der Waals surface area contributed by atoms with E-state index < -0.39 is 55.5 Å². The molecule has 42 heavy (non-hydrogen) atoms. The van der Waals surface area contributed by atoms with Gasteiger partial charge in [-0.2, -0.15) is 18.3 Å². The summed E-state index contributed by atoms with van der Waals surface area (Å²) in [5.41, 5.74) is 1.45. The van der Waals surface area contributed by atoms with Gasteiger partial charge in [0.25, 0.3) is 5.91 Å². The number of nitrogens with zero attached hydrogens (tertiary/aromatic N) is 4. The summed E-state index contributed by atoms with van der Waals surface area (Å²) >= 11 is 0. The molecule has 5 rings (SSSR count). The number of hydrogen-bond donors (Lipinski definition) is 2. The summed E-state index contributed by atoms with van der Waals surface area (Å²) in [4.78, 5) is 30.1. The van der Waals surface area contributed by atoms with Crippen LogP contribution >= 0.6 is 0 Å². The molecule has 2 aliphatic rings. The van der Waals surface area contributed by atoms with Crippen LogP contribution in [0.4, 0.5) is 26.3 Å². The van der Waals surface area contributed by atoms with Gasteiger partial charge in [0, 0.05) is 25.7 Å². The summed E-state index contributed by atoms with van der Waals surface area (Å²) in [6, 6.07) is 0.340. The number of halogens is 6. The molecule has 0 unspecified atom stereocenters. The van der Waals surface area contributed by atoms with Gasteiger partial charge in [-0.05, 0) is 49.1 Å². The number of nitrogens with one attached hydrogen (secondary N) is 2. The maximum atomic E-state index is 14.0. The predicted molar refractivity (Wildman–Crippen MR) is 135 cm³/mol. The molecule has 2 saturated carbocycles. The van der Waals surface area contributed by atoms with E-state index in [2.05, 4.69) is 25.9 Å². The van der Waals surface area contributed by atoms with E-state index in [9.17, 15) is 35.9 Å². The zero-order valence-corrected chi connectivity index (χ0v) is 22.5. The molecule has 3 aromatic rings. The van der Waals surface area contributed by atoms with Gasteiger partial charge in [-0.1, -0.05) is 5.16 Å². The molecule has 0 aromatic carbocycles. The van der Waals surface area contributed by atoms with E-state index in [1.807, 2.05) is 0 Å². The lowest BCUT2D eigenvalue weighted by Crippen LogP contribution is -2.37. The molecule has 0 radical (unpaired) electrons. The van der Waals surface area contributed by atoms with Gasteiger partial charge in [0.05, 0.1) is 49.0 Å². The number of carbonyl (C=O) groups is 2. The van der Waals surface area contributed by atoms with Gasteiger partial charge in [-0.25, -0.2) is 18.3 Å². The van der Waals surface area contributed by atoms with Crippen molar-refractivity contribution in [1.82, 2.24) is 30.4 Å². The van der Waals surface area contributed by atoms with Crippen LogP contribution in [0.5, 0.6) is 0 Å². The van der Waals surface area contributed by atoms with E-state index in [0.29, 0.717) is 16.9 Å². The molecule has 2 atom stereocenters. The van der Waals surface area contributed by atoms with Crippen LogP contribution in [-0.4, -0.2) is 50.3 Å². The first-order chi connectivity index (χ1) is 19.9. The number of amides is 2. The fourth-order valence-corrected chi connectivity index (χ4v) is 5.40. The lowest BCUT2D eigenvalue weighted by Gasteiger charge is -2.33. The smallest absolute Gasteiger partial charge is 0.364 e. The number of alkyl halides is 6. The fraction of sp³-hybridized carbons (Fsp3) is 0.593. The molecule has 3 aromatic heterocycles. The Morgan fingerprint density at radius 2 is 1.81 bits per heavy atom. The van der Waals surface area contributed by atoms with Crippen molar-refractivity contribution >= 4 is 17.5 Å². The Morgan fingerprint density at radius 3 is 2.48 bits per heavy atom. The van der Waals surface area contributed by atoms with Gasteiger partial charge in [0.1, 0.15) is 11.8 Å². The third kappa shape index (κ3) is 7.21. The van der Waals surface area contributed by atoms with Crippen molar-refractivity contribution in [2.75, 3.05) is 6.67 Å². The van der Waals surface area contributed by atoms with E-state index in [1.54, 1.807) is 12.3 Å². The number of aromatic nitrogens is 4. The van der Waals surface area contributed by atoms with Gasteiger partial charge >= 0.3 is 6.18 Å². The molecule has 2 amide bonds. The second kappa shape index (κ2) is 11.9. The largest absolute Gasteiger partial charge is 0.389 e. The average molecular weight is 601 g/mol. The molecular weight excluding hydrogens is 570 g/mol. The van der Waals surface area contributed by atoms with Crippen LogP contribution in [0.25, 0.3) is 5.65 Å². The minimum atomic E-state index is -4.44. The number of carbonyl (C=O) groups excluding carboxylic acids is 2. The molecule has 0 saturated heterocycles. The molecule has 9 nitrogen and oxygen atoms in total. The highest BCUT2D eigenvalue weighted by atomic mass is 19.4. The Kier molecular flexibility index (Phi) is 8.46. The third-order valence-electron chi connectivity index (χ3n) is 7.82. The Morgan fingerprint density at radius 1 is 1.10 bits per heavy atom. The topological polar surface area (TPSA) is 114 Å². The van der Waals surface area contributed by atoms with E-state index in [4.69, 9.17) is 4.52 Å². The molecule has 2 N–H and O–H groups in total. The van der Waals surface area contributed by atoms with Crippen molar-refractivity contribution in [3.05, 3.63) is 47.2 Å². The van der Waals surface area contributed by atoms with Gasteiger partial charge in [-0.3, -0.25) is 14.0 Å². The monoisotopic (exact) mass is 600 g/mol. The van der Waals surface area contributed by atoms with Crippen molar-refractivity contribution in [3.8, 4) is 0 Å². The number of imidazole rings is 1. The average Bonchev–Trinajstić information content (AvgIpc) is 3.51. The van der Waals surface area contributed by atoms with Crippen LogP contribution in [0, 0.1) is 11.8 Å². The first kappa shape index (κ1) is 29.8.